The topological polar surface area (TPSA) is 119 Å². The van der Waals surface area contributed by atoms with Crippen LogP contribution in [0.25, 0.3) is 6.08 Å². The molecule has 0 bridgehead atoms. The number of nitrogens with two attached hydrogens (primary N) is 1. The molecule has 1 aliphatic heterocycles. The first-order valence-corrected chi connectivity index (χ1v) is 12.5. The van der Waals surface area contributed by atoms with E-state index in [1.54, 1.807) is 0 Å². The third kappa shape index (κ3) is 4.95. The highest BCUT2D eigenvalue weighted by Gasteiger charge is 2.28. The lowest BCUT2D eigenvalue weighted by molar-refractivity contribution is 0.596. The summed E-state index contributed by atoms with van der Waals surface area (Å²) in [6, 6.07) is 11.9. The minimum Gasteiger partial charge on any atom is -0.341 e. The van der Waals surface area contributed by atoms with Crippen molar-refractivity contribution in [1.82, 2.24) is 0 Å². The number of nitrogens with one attached hydrogen (secondary N) is 1. The van der Waals surface area contributed by atoms with Crippen LogP contribution < -0.4 is 10.5 Å². The Hall–Kier alpha value is -1.85. The summed E-state index contributed by atoms with van der Waals surface area (Å²) in [5.74, 6) is 1.23. The highest BCUT2D eigenvalue weighted by molar-refractivity contribution is 8.00. The van der Waals surface area contributed by atoms with Crippen LogP contribution in [0, 0.1) is 0 Å². The van der Waals surface area contributed by atoms with Gasteiger partial charge in [0.15, 0.2) is 0 Å². The number of primary sulfonamides is 1. The molecular weight excluding hydrogens is 442 g/mol. The smallest absolute Gasteiger partial charge is 0.286 e. The molecule has 11 heteroatoms. The molecule has 0 fully saturated rings. The Bertz CT molecular complexity index is 1160. The van der Waals surface area contributed by atoms with E-state index in [2.05, 4.69) is 9.71 Å². The van der Waals surface area contributed by atoms with Crippen LogP contribution in [0.15, 0.2) is 62.7 Å². The molecule has 2 aromatic rings. The molecular formula is C17H16ClN3O4S3. The zero-order valence-electron chi connectivity index (χ0n) is 14.4. The number of nitrogens with zero attached hydrogens (tertiary/aromatic N) is 1. The average molecular weight is 458 g/mol. The second-order valence-corrected chi connectivity index (χ2v) is 10.3. The van der Waals surface area contributed by atoms with Gasteiger partial charge in [0.2, 0.25) is 10.0 Å². The number of benzene rings is 2. The fourth-order valence-corrected chi connectivity index (χ4v) is 5.56. The number of thioether (sulfide) groups is 1. The fourth-order valence-electron chi connectivity index (χ4n) is 2.47. The highest BCUT2D eigenvalue weighted by atomic mass is 35.5. The first kappa shape index (κ1) is 20.9. The van der Waals surface area contributed by atoms with Crippen LogP contribution in [-0.4, -0.2) is 34.2 Å². The summed E-state index contributed by atoms with van der Waals surface area (Å²) in [7, 11) is -8.22. The SMILES string of the molecule is NS(=O)(=O)c1cc2c(cc1Cl)NC(CSC/C=C/c1ccccc1)=NS2(=O)=O. The molecule has 0 saturated heterocycles. The molecule has 0 saturated carbocycles. The number of rotatable bonds is 6. The Kier molecular flexibility index (Phi) is 6.15. The monoisotopic (exact) mass is 457 g/mol. The Morgan fingerprint density at radius 2 is 1.93 bits per heavy atom. The quantitative estimate of drug-likeness (QED) is 0.643. The number of sulfonamides is 2. The van der Waals surface area contributed by atoms with Crippen molar-refractivity contribution in [1.29, 1.82) is 0 Å². The highest BCUT2D eigenvalue weighted by Crippen LogP contribution is 2.34. The van der Waals surface area contributed by atoms with Gasteiger partial charge in [-0.1, -0.05) is 54.1 Å². The van der Waals surface area contributed by atoms with Crippen molar-refractivity contribution in [3.63, 3.8) is 0 Å². The van der Waals surface area contributed by atoms with Gasteiger partial charge in [-0.3, -0.25) is 0 Å². The van der Waals surface area contributed by atoms with Gasteiger partial charge >= 0.3 is 0 Å². The van der Waals surface area contributed by atoms with Crippen molar-refractivity contribution in [3.05, 3.63) is 59.1 Å². The molecule has 1 aliphatic rings. The van der Waals surface area contributed by atoms with Crippen molar-refractivity contribution >= 4 is 61.0 Å². The molecule has 3 rings (SSSR count). The molecule has 0 amide bonds. The average Bonchev–Trinajstić information content (AvgIpc) is 2.60. The van der Waals surface area contributed by atoms with Gasteiger partial charge in [0, 0.05) is 5.75 Å². The van der Waals surface area contributed by atoms with Crippen LogP contribution in [0.3, 0.4) is 0 Å². The van der Waals surface area contributed by atoms with E-state index < -0.39 is 24.9 Å². The zero-order chi connectivity index (χ0) is 20.4. The van der Waals surface area contributed by atoms with Crippen molar-refractivity contribution in [3.8, 4) is 0 Å². The molecule has 0 radical (unpaired) electrons. The van der Waals surface area contributed by atoms with Gasteiger partial charge in [-0.25, -0.2) is 13.6 Å². The van der Waals surface area contributed by atoms with Gasteiger partial charge in [0.1, 0.15) is 15.6 Å². The second-order valence-electron chi connectivity index (χ2n) is 5.79. The van der Waals surface area contributed by atoms with Crippen LogP contribution in [0.5, 0.6) is 0 Å². The lowest BCUT2D eigenvalue weighted by Crippen LogP contribution is -2.24. The third-order valence-electron chi connectivity index (χ3n) is 3.69. The van der Waals surface area contributed by atoms with E-state index in [4.69, 9.17) is 16.7 Å². The van der Waals surface area contributed by atoms with Gasteiger partial charge in [-0.2, -0.15) is 8.42 Å². The minimum atomic E-state index is -4.16. The van der Waals surface area contributed by atoms with Gasteiger partial charge in [-0.15, -0.1) is 16.2 Å². The second kappa shape index (κ2) is 8.26. The number of halogens is 1. The molecule has 1 heterocycles. The van der Waals surface area contributed by atoms with Crippen LogP contribution in [-0.2, 0) is 20.0 Å². The van der Waals surface area contributed by atoms with Crippen LogP contribution in [0.1, 0.15) is 5.56 Å². The molecule has 7 nitrogen and oxygen atoms in total. The van der Waals surface area contributed by atoms with E-state index in [-0.39, 0.29) is 21.4 Å². The summed E-state index contributed by atoms with van der Waals surface area (Å²) < 4.78 is 51.7. The van der Waals surface area contributed by atoms with Crippen molar-refractivity contribution in [2.24, 2.45) is 9.54 Å². The summed E-state index contributed by atoms with van der Waals surface area (Å²) in [5, 5.41) is 7.79. The summed E-state index contributed by atoms with van der Waals surface area (Å²) in [4.78, 5) is -0.740. The van der Waals surface area contributed by atoms with Crippen LogP contribution in [0.2, 0.25) is 5.02 Å². The van der Waals surface area contributed by atoms with E-state index in [0.29, 0.717) is 11.5 Å². The maximum Gasteiger partial charge on any atom is 0.286 e. The normalized spacial score (nSPS) is 15.7. The molecule has 0 aliphatic carbocycles. The van der Waals surface area contributed by atoms with E-state index in [1.807, 2.05) is 42.5 Å². The number of anilines is 1. The number of hydrogen-bond donors (Lipinski definition) is 2. The van der Waals surface area contributed by atoms with Crippen molar-refractivity contribution < 1.29 is 16.8 Å². The first-order valence-electron chi connectivity index (χ1n) is 7.93. The summed E-state index contributed by atoms with van der Waals surface area (Å²) in [5.41, 5.74) is 1.25. The van der Waals surface area contributed by atoms with Crippen LogP contribution in [0.4, 0.5) is 5.69 Å². The van der Waals surface area contributed by atoms with E-state index >= 15 is 0 Å². The van der Waals surface area contributed by atoms with Gasteiger partial charge in [0.05, 0.1) is 16.5 Å². The van der Waals surface area contributed by atoms with E-state index in [1.165, 1.54) is 17.8 Å². The van der Waals surface area contributed by atoms with Gasteiger partial charge in [0.25, 0.3) is 10.0 Å². The summed E-state index contributed by atoms with van der Waals surface area (Å²) >= 11 is 7.41. The fraction of sp³-hybridized carbons (Fsp3) is 0.118. The first-order chi connectivity index (χ1) is 13.2. The molecule has 0 spiro atoms. The Balaban J connectivity index is 1.72. The van der Waals surface area contributed by atoms with Gasteiger partial charge in [-0.05, 0) is 17.7 Å². The Morgan fingerprint density at radius 3 is 2.61 bits per heavy atom. The summed E-state index contributed by atoms with van der Waals surface area (Å²) in [6.07, 6.45) is 3.95. The third-order valence-corrected chi connectivity index (χ3v) is 7.33. The lowest BCUT2D eigenvalue weighted by atomic mass is 10.2. The largest absolute Gasteiger partial charge is 0.341 e. The minimum absolute atomic E-state index is 0.163. The van der Waals surface area contributed by atoms with Crippen molar-refractivity contribution in [2.45, 2.75) is 9.79 Å². The number of hydrogen-bond acceptors (Lipinski definition) is 6. The molecule has 0 aromatic heterocycles. The summed E-state index contributed by atoms with van der Waals surface area (Å²) in [6.45, 7) is 0. The predicted molar refractivity (Wildman–Crippen MR) is 114 cm³/mol. The maximum absolute atomic E-state index is 12.4. The number of amidine groups is 1. The maximum atomic E-state index is 12.4. The Labute approximate surface area is 172 Å². The van der Waals surface area contributed by atoms with Crippen LogP contribution >= 0.6 is 23.4 Å². The number of fused-ring (bicyclic) bond motifs is 1. The molecule has 0 unspecified atom stereocenters. The molecule has 28 heavy (non-hydrogen) atoms. The molecule has 2 aromatic carbocycles. The van der Waals surface area contributed by atoms with Crippen molar-refractivity contribution in [2.75, 3.05) is 16.8 Å². The Morgan fingerprint density at radius 1 is 1.21 bits per heavy atom. The lowest BCUT2D eigenvalue weighted by Gasteiger charge is -2.19. The molecule has 0 atom stereocenters. The predicted octanol–water partition coefficient (Wildman–Crippen LogP) is 2.95. The van der Waals surface area contributed by atoms with Gasteiger partial charge < -0.3 is 5.32 Å². The van der Waals surface area contributed by atoms with E-state index in [9.17, 15) is 16.8 Å². The molecule has 3 N–H and O–H groups in total. The standard InChI is InChI=1S/C17H16ClN3O4S3/c18-13-9-14-16(10-15(13)27(19,22)23)28(24,25)21-17(20-14)11-26-8-4-7-12-5-2-1-3-6-12/h1-7,9-10H,8,11H2,(H,20,21)(H2,19,22,23)/b7-4+. The zero-order valence-corrected chi connectivity index (χ0v) is 17.6. The van der Waals surface area contributed by atoms with E-state index in [0.717, 1.165) is 11.6 Å². The molecule has 148 valence electrons.